The van der Waals surface area contributed by atoms with Crippen LogP contribution in [0.2, 0.25) is 0 Å². The molecular weight excluding hydrogens is 827 g/mol. The molecular formula is C61H119NO5. The average Bonchev–Trinajstić information content (AvgIpc) is 3.33. The Balaban J connectivity index is 3.41. The Bertz CT molecular complexity index is 1000. The molecule has 1 amide bonds. The first-order valence-corrected chi connectivity index (χ1v) is 30.4. The van der Waals surface area contributed by atoms with Crippen LogP contribution in [0.5, 0.6) is 0 Å². The molecule has 2 unspecified atom stereocenters. The number of hydrogen-bond acceptors (Lipinski definition) is 5. The van der Waals surface area contributed by atoms with Gasteiger partial charge in [0.25, 0.3) is 0 Å². The smallest absolute Gasteiger partial charge is 0.305 e. The van der Waals surface area contributed by atoms with Gasteiger partial charge in [-0.1, -0.05) is 289 Å². The van der Waals surface area contributed by atoms with Gasteiger partial charge in [-0.3, -0.25) is 9.59 Å². The molecule has 0 aromatic carbocycles. The second-order valence-corrected chi connectivity index (χ2v) is 21.0. The summed E-state index contributed by atoms with van der Waals surface area (Å²) in [5.41, 5.74) is 0. The van der Waals surface area contributed by atoms with E-state index in [9.17, 15) is 19.8 Å². The van der Waals surface area contributed by atoms with Gasteiger partial charge in [0, 0.05) is 12.8 Å². The van der Waals surface area contributed by atoms with Gasteiger partial charge in [-0.25, -0.2) is 0 Å². The number of amides is 1. The zero-order valence-corrected chi connectivity index (χ0v) is 45.4. The Morgan fingerprint density at radius 1 is 0.403 bits per heavy atom. The van der Waals surface area contributed by atoms with Crippen LogP contribution in [0.4, 0.5) is 0 Å². The third-order valence-electron chi connectivity index (χ3n) is 14.3. The van der Waals surface area contributed by atoms with E-state index >= 15 is 0 Å². The van der Waals surface area contributed by atoms with E-state index in [1.54, 1.807) is 0 Å². The number of esters is 1. The van der Waals surface area contributed by atoms with Gasteiger partial charge in [-0.2, -0.15) is 0 Å². The lowest BCUT2D eigenvalue weighted by Crippen LogP contribution is -2.45. The van der Waals surface area contributed by atoms with Gasteiger partial charge in [0.05, 0.1) is 25.4 Å². The monoisotopic (exact) mass is 946 g/mol. The number of carbonyl (C=O) groups excluding carboxylic acids is 2. The van der Waals surface area contributed by atoms with Crippen molar-refractivity contribution < 1.29 is 24.5 Å². The molecule has 3 N–H and O–H groups in total. The minimum absolute atomic E-state index is 0.0112. The van der Waals surface area contributed by atoms with Crippen molar-refractivity contribution in [2.24, 2.45) is 0 Å². The van der Waals surface area contributed by atoms with Crippen LogP contribution in [-0.4, -0.2) is 47.4 Å². The Hall–Kier alpha value is -1.40. The summed E-state index contributed by atoms with van der Waals surface area (Å²) in [7, 11) is 0. The molecule has 2 atom stereocenters. The van der Waals surface area contributed by atoms with E-state index in [1.165, 1.54) is 270 Å². The lowest BCUT2D eigenvalue weighted by Gasteiger charge is -2.22. The molecule has 6 nitrogen and oxygen atoms in total. The highest BCUT2D eigenvalue weighted by Crippen LogP contribution is 2.18. The largest absolute Gasteiger partial charge is 0.466 e. The zero-order valence-electron chi connectivity index (χ0n) is 45.4. The quantitative estimate of drug-likeness (QED) is 0.0321. The molecule has 0 aliphatic carbocycles. The Morgan fingerprint density at radius 2 is 0.701 bits per heavy atom. The van der Waals surface area contributed by atoms with E-state index < -0.39 is 12.1 Å². The molecule has 0 spiro atoms. The Kier molecular flexibility index (Phi) is 56.0. The summed E-state index contributed by atoms with van der Waals surface area (Å²) in [6, 6.07) is -0.545. The molecule has 0 aliphatic rings. The van der Waals surface area contributed by atoms with E-state index in [-0.39, 0.29) is 18.5 Å². The Labute approximate surface area is 419 Å². The molecule has 0 bridgehead atoms. The first-order chi connectivity index (χ1) is 33.0. The van der Waals surface area contributed by atoms with Crippen LogP contribution in [0.1, 0.15) is 341 Å². The van der Waals surface area contributed by atoms with Gasteiger partial charge in [0.2, 0.25) is 5.91 Å². The van der Waals surface area contributed by atoms with Crippen molar-refractivity contribution in [3.63, 3.8) is 0 Å². The van der Waals surface area contributed by atoms with E-state index in [2.05, 4.69) is 31.3 Å². The van der Waals surface area contributed by atoms with Crippen LogP contribution in [0.3, 0.4) is 0 Å². The van der Waals surface area contributed by atoms with Crippen LogP contribution in [0, 0.1) is 0 Å². The summed E-state index contributed by atoms with van der Waals surface area (Å²) in [6.45, 7) is 4.97. The number of unbranched alkanes of at least 4 members (excludes halogenated alkanes) is 44. The standard InChI is InChI=1S/C61H119NO5/c1-3-5-7-9-11-13-15-17-18-27-30-33-37-41-45-49-53-59(64)58(57-63)62-60(65)54-50-46-42-38-34-31-28-25-23-21-19-20-22-24-26-29-32-36-40-44-48-52-56-67-61(66)55-51-47-43-39-35-16-14-12-10-8-6-4-2/h21,23,58-59,63-64H,3-20,22,24-57H2,1-2H3,(H,62,65)/b23-21-. The summed E-state index contributed by atoms with van der Waals surface area (Å²) >= 11 is 0. The van der Waals surface area contributed by atoms with Gasteiger partial charge < -0.3 is 20.3 Å². The fraction of sp³-hybridized carbons (Fsp3) is 0.934. The van der Waals surface area contributed by atoms with Crippen LogP contribution in [0.15, 0.2) is 12.2 Å². The summed E-state index contributed by atoms with van der Waals surface area (Å²) in [5, 5.41) is 23.3. The van der Waals surface area contributed by atoms with Crippen LogP contribution < -0.4 is 5.32 Å². The lowest BCUT2D eigenvalue weighted by molar-refractivity contribution is -0.143. The average molecular weight is 947 g/mol. The van der Waals surface area contributed by atoms with Crippen LogP contribution >= 0.6 is 0 Å². The summed E-state index contributed by atoms with van der Waals surface area (Å²) < 4.78 is 5.47. The molecule has 0 aromatic heterocycles. The highest BCUT2D eigenvalue weighted by molar-refractivity contribution is 5.76. The number of ether oxygens (including phenoxy) is 1. The summed E-state index contributed by atoms with van der Waals surface area (Å²) in [5.74, 6) is -0.0281. The van der Waals surface area contributed by atoms with E-state index in [1.807, 2.05) is 0 Å². The molecule has 6 heteroatoms. The third-order valence-corrected chi connectivity index (χ3v) is 14.3. The SMILES string of the molecule is CCCCCCCCCCCCCCCCCCC(O)C(CO)NC(=O)CCCCCCCCC/C=C\CCCCCCCCCCCCCOC(=O)CCCCCCCCCCCCCC. The van der Waals surface area contributed by atoms with E-state index in [0.29, 0.717) is 25.9 Å². The fourth-order valence-electron chi connectivity index (χ4n) is 9.64. The topological polar surface area (TPSA) is 95.9 Å². The first-order valence-electron chi connectivity index (χ1n) is 30.4. The first kappa shape index (κ1) is 65.6. The number of hydrogen-bond donors (Lipinski definition) is 3. The minimum Gasteiger partial charge on any atom is -0.466 e. The maximum absolute atomic E-state index is 12.5. The summed E-state index contributed by atoms with van der Waals surface area (Å²) in [4.78, 5) is 24.5. The number of aliphatic hydroxyl groups is 2. The van der Waals surface area contributed by atoms with Crippen molar-refractivity contribution >= 4 is 11.9 Å². The molecule has 0 aromatic rings. The Morgan fingerprint density at radius 3 is 1.06 bits per heavy atom. The van der Waals surface area contributed by atoms with Gasteiger partial charge in [-0.05, 0) is 51.4 Å². The maximum atomic E-state index is 12.5. The van der Waals surface area contributed by atoms with Gasteiger partial charge in [0.15, 0.2) is 0 Å². The van der Waals surface area contributed by atoms with Crippen LogP contribution in [0.25, 0.3) is 0 Å². The lowest BCUT2D eigenvalue weighted by atomic mass is 10.0. The maximum Gasteiger partial charge on any atom is 0.305 e. The van der Waals surface area contributed by atoms with Gasteiger partial charge in [0.1, 0.15) is 0 Å². The third kappa shape index (κ3) is 53.8. The van der Waals surface area contributed by atoms with Crippen molar-refractivity contribution in [3.8, 4) is 0 Å². The number of nitrogens with one attached hydrogen (secondary N) is 1. The number of carbonyl (C=O) groups is 2. The van der Waals surface area contributed by atoms with Crippen LogP contribution in [-0.2, 0) is 14.3 Å². The number of allylic oxidation sites excluding steroid dienone is 2. The molecule has 0 fully saturated rings. The summed E-state index contributed by atoms with van der Waals surface area (Å²) in [6.07, 6.45) is 67.8. The molecule has 0 rings (SSSR count). The molecule has 0 heterocycles. The highest BCUT2D eigenvalue weighted by Gasteiger charge is 2.20. The van der Waals surface area contributed by atoms with E-state index in [0.717, 1.165) is 38.5 Å². The van der Waals surface area contributed by atoms with Crippen molar-refractivity contribution in [1.29, 1.82) is 0 Å². The van der Waals surface area contributed by atoms with Crippen molar-refractivity contribution in [2.75, 3.05) is 13.2 Å². The normalized spacial score (nSPS) is 12.6. The van der Waals surface area contributed by atoms with Gasteiger partial charge in [-0.15, -0.1) is 0 Å². The number of aliphatic hydroxyl groups excluding tert-OH is 2. The molecule has 0 saturated carbocycles. The second kappa shape index (κ2) is 57.2. The molecule has 0 radical (unpaired) electrons. The zero-order chi connectivity index (χ0) is 48.6. The predicted molar refractivity (Wildman–Crippen MR) is 292 cm³/mol. The predicted octanol–water partition coefficient (Wildman–Crippen LogP) is 18.9. The fourth-order valence-corrected chi connectivity index (χ4v) is 9.64. The number of rotatable bonds is 57. The molecule has 67 heavy (non-hydrogen) atoms. The van der Waals surface area contributed by atoms with Gasteiger partial charge >= 0.3 is 5.97 Å². The molecule has 398 valence electrons. The minimum atomic E-state index is -0.668. The second-order valence-electron chi connectivity index (χ2n) is 21.0. The van der Waals surface area contributed by atoms with Crippen molar-refractivity contribution in [3.05, 3.63) is 12.2 Å². The van der Waals surface area contributed by atoms with E-state index in [4.69, 9.17) is 4.74 Å². The highest BCUT2D eigenvalue weighted by atomic mass is 16.5. The molecule has 0 aliphatic heterocycles. The van der Waals surface area contributed by atoms with Crippen molar-refractivity contribution in [2.45, 2.75) is 353 Å². The van der Waals surface area contributed by atoms with Crippen molar-refractivity contribution in [1.82, 2.24) is 5.32 Å². The molecule has 0 saturated heterocycles.